The molecule has 118 valence electrons. The predicted molar refractivity (Wildman–Crippen MR) is 91.0 cm³/mol. The zero-order valence-corrected chi connectivity index (χ0v) is 14.7. The highest BCUT2D eigenvalue weighted by Crippen LogP contribution is 2.48. The lowest BCUT2D eigenvalue weighted by Crippen LogP contribution is -2.48. The van der Waals surface area contributed by atoms with E-state index in [1.165, 1.54) is 68.5 Å². The van der Waals surface area contributed by atoms with Crippen LogP contribution in [0.5, 0.6) is 0 Å². The Morgan fingerprint density at radius 1 is 1.14 bits per heavy atom. The Kier molecular flexibility index (Phi) is 4.42. The van der Waals surface area contributed by atoms with Crippen molar-refractivity contribution in [2.75, 3.05) is 6.54 Å². The van der Waals surface area contributed by atoms with Crippen LogP contribution in [0.4, 0.5) is 0 Å². The first-order chi connectivity index (χ1) is 10.0. The zero-order valence-electron chi connectivity index (χ0n) is 13.9. The molecule has 1 atom stereocenters. The number of nitrogens with one attached hydrogen (secondary N) is 1. The van der Waals surface area contributed by atoms with Gasteiger partial charge in [0.1, 0.15) is 5.01 Å². The molecule has 21 heavy (non-hydrogen) atoms. The lowest BCUT2D eigenvalue weighted by Gasteiger charge is -2.44. The summed E-state index contributed by atoms with van der Waals surface area (Å²) in [5, 5.41) is 5.31. The van der Waals surface area contributed by atoms with E-state index in [0.29, 0.717) is 5.41 Å². The molecule has 0 amide bonds. The van der Waals surface area contributed by atoms with E-state index in [0.717, 1.165) is 6.54 Å². The summed E-state index contributed by atoms with van der Waals surface area (Å²) < 4.78 is 0. The van der Waals surface area contributed by atoms with E-state index in [9.17, 15) is 0 Å². The Balaban J connectivity index is 1.92. The Bertz CT molecular complexity index is 468. The summed E-state index contributed by atoms with van der Waals surface area (Å²) in [7, 11) is 0. The molecule has 0 aromatic carbocycles. The molecule has 3 heteroatoms. The van der Waals surface area contributed by atoms with Gasteiger partial charge < -0.3 is 5.32 Å². The molecule has 3 rings (SSSR count). The first-order valence-electron chi connectivity index (χ1n) is 8.79. The molecule has 2 nitrogen and oxygen atoms in total. The van der Waals surface area contributed by atoms with Crippen molar-refractivity contribution in [2.45, 2.75) is 84.1 Å². The number of thiazole rings is 1. The van der Waals surface area contributed by atoms with Crippen LogP contribution in [0.3, 0.4) is 0 Å². The van der Waals surface area contributed by atoms with Crippen LogP contribution in [0.2, 0.25) is 0 Å². The van der Waals surface area contributed by atoms with Crippen LogP contribution in [-0.2, 0) is 18.4 Å². The van der Waals surface area contributed by atoms with Gasteiger partial charge in [-0.15, -0.1) is 11.3 Å². The number of fused-ring (bicyclic) bond motifs is 1. The van der Waals surface area contributed by atoms with Gasteiger partial charge in [0.25, 0.3) is 0 Å². The molecule has 1 aromatic rings. The fourth-order valence-electron chi connectivity index (χ4n) is 4.19. The van der Waals surface area contributed by atoms with Crippen molar-refractivity contribution in [2.24, 2.45) is 5.41 Å². The van der Waals surface area contributed by atoms with Crippen LogP contribution in [-0.4, -0.2) is 11.5 Å². The van der Waals surface area contributed by atoms with E-state index in [2.05, 4.69) is 26.1 Å². The highest BCUT2D eigenvalue weighted by atomic mass is 32.1. The van der Waals surface area contributed by atoms with Crippen molar-refractivity contribution in [3.63, 3.8) is 0 Å². The average molecular weight is 307 g/mol. The van der Waals surface area contributed by atoms with Gasteiger partial charge in [0.15, 0.2) is 0 Å². The van der Waals surface area contributed by atoms with E-state index >= 15 is 0 Å². The minimum absolute atomic E-state index is 0.153. The van der Waals surface area contributed by atoms with Crippen molar-refractivity contribution < 1.29 is 0 Å². The standard InChI is InChI=1S/C18H30N2S/c1-4-12-19-18(11-7-10-17(2,3)13-18)16-20-14-8-5-6-9-15(14)21-16/h19H,4-13H2,1-3H3. The lowest BCUT2D eigenvalue weighted by atomic mass is 9.68. The van der Waals surface area contributed by atoms with Crippen molar-refractivity contribution in [1.29, 1.82) is 0 Å². The highest BCUT2D eigenvalue weighted by molar-refractivity contribution is 7.11. The van der Waals surface area contributed by atoms with Gasteiger partial charge in [0.05, 0.1) is 11.2 Å². The first-order valence-corrected chi connectivity index (χ1v) is 9.60. The lowest BCUT2D eigenvalue weighted by molar-refractivity contribution is 0.118. The van der Waals surface area contributed by atoms with Crippen LogP contribution in [0.1, 0.15) is 81.3 Å². The molecule has 0 saturated heterocycles. The summed E-state index contributed by atoms with van der Waals surface area (Å²) in [5.74, 6) is 0. The molecule has 1 fully saturated rings. The van der Waals surface area contributed by atoms with Crippen molar-refractivity contribution in [3.05, 3.63) is 15.6 Å². The fourth-order valence-corrected chi connectivity index (χ4v) is 5.54. The van der Waals surface area contributed by atoms with E-state index < -0.39 is 0 Å². The number of hydrogen-bond acceptors (Lipinski definition) is 3. The molecular formula is C18H30N2S. The number of nitrogens with zero attached hydrogens (tertiary/aromatic N) is 1. The summed E-state index contributed by atoms with van der Waals surface area (Å²) in [6, 6.07) is 0. The minimum Gasteiger partial charge on any atom is -0.305 e. The maximum atomic E-state index is 5.12. The summed E-state index contributed by atoms with van der Waals surface area (Å²) in [6.45, 7) is 8.24. The van der Waals surface area contributed by atoms with Crippen LogP contribution < -0.4 is 5.32 Å². The van der Waals surface area contributed by atoms with Crippen molar-refractivity contribution >= 4 is 11.3 Å². The molecule has 0 radical (unpaired) electrons. The van der Waals surface area contributed by atoms with Gasteiger partial charge in [-0.25, -0.2) is 4.98 Å². The molecule has 0 spiro atoms. The van der Waals surface area contributed by atoms with Gasteiger partial charge in [-0.05, 0) is 63.3 Å². The second kappa shape index (κ2) is 6.00. The van der Waals surface area contributed by atoms with Crippen molar-refractivity contribution in [3.8, 4) is 0 Å². The largest absolute Gasteiger partial charge is 0.305 e. The Morgan fingerprint density at radius 2 is 1.95 bits per heavy atom. The van der Waals surface area contributed by atoms with E-state index in [1.54, 1.807) is 4.88 Å². The molecule has 1 N–H and O–H groups in total. The van der Waals surface area contributed by atoms with E-state index in [4.69, 9.17) is 4.98 Å². The maximum absolute atomic E-state index is 5.12. The molecule has 0 bridgehead atoms. The Morgan fingerprint density at radius 3 is 2.67 bits per heavy atom. The summed E-state index contributed by atoms with van der Waals surface area (Å²) in [4.78, 5) is 6.70. The van der Waals surface area contributed by atoms with E-state index in [-0.39, 0.29) is 5.54 Å². The molecule has 2 aliphatic rings. The number of aromatic nitrogens is 1. The quantitative estimate of drug-likeness (QED) is 0.863. The number of hydrogen-bond donors (Lipinski definition) is 1. The SMILES string of the molecule is CCCNC1(c2nc3c(s2)CCCC3)CCCC(C)(C)C1. The molecule has 0 aliphatic heterocycles. The maximum Gasteiger partial charge on any atom is 0.113 e. The van der Waals surface area contributed by atoms with Gasteiger partial charge in [-0.2, -0.15) is 0 Å². The molecular weight excluding hydrogens is 276 g/mol. The number of aryl methyl sites for hydroxylation is 2. The molecule has 1 saturated carbocycles. The number of rotatable bonds is 4. The average Bonchev–Trinajstić information content (AvgIpc) is 2.88. The van der Waals surface area contributed by atoms with Crippen LogP contribution in [0, 0.1) is 5.41 Å². The normalized spacial score (nSPS) is 28.3. The van der Waals surface area contributed by atoms with Gasteiger partial charge in [-0.1, -0.05) is 27.2 Å². The second-order valence-electron chi connectivity index (χ2n) is 7.80. The third-order valence-corrected chi connectivity index (χ3v) is 6.57. The van der Waals surface area contributed by atoms with Crippen LogP contribution in [0.25, 0.3) is 0 Å². The zero-order chi connectivity index (χ0) is 14.9. The van der Waals surface area contributed by atoms with Crippen molar-refractivity contribution in [1.82, 2.24) is 10.3 Å². The molecule has 1 unspecified atom stereocenters. The predicted octanol–water partition coefficient (Wildman–Crippen LogP) is 4.82. The third-order valence-electron chi connectivity index (χ3n) is 5.21. The van der Waals surface area contributed by atoms with Gasteiger partial charge in [-0.3, -0.25) is 0 Å². The summed E-state index contributed by atoms with van der Waals surface area (Å²) >= 11 is 2.02. The van der Waals surface area contributed by atoms with Gasteiger partial charge in [0.2, 0.25) is 0 Å². The summed E-state index contributed by atoms with van der Waals surface area (Å²) in [5.41, 5.74) is 2.01. The Hall–Kier alpha value is -0.410. The topological polar surface area (TPSA) is 24.9 Å². The molecule has 1 aromatic heterocycles. The smallest absolute Gasteiger partial charge is 0.113 e. The first kappa shape index (κ1) is 15.5. The molecule has 2 aliphatic carbocycles. The minimum atomic E-state index is 0.153. The van der Waals surface area contributed by atoms with E-state index in [1.807, 2.05) is 11.3 Å². The van der Waals surface area contributed by atoms with Gasteiger partial charge in [0, 0.05) is 4.88 Å². The monoisotopic (exact) mass is 306 g/mol. The Labute approximate surface area is 133 Å². The summed E-state index contributed by atoms with van der Waals surface area (Å²) in [6.07, 6.45) is 11.6. The highest BCUT2D eigenvalue weighted by Gasteiger charge is 2.43. The fraction of sp³-hybridized carbons (Fsp3) is 0.833. The third kappa shape index (κ3) is 3.19. The van der Waals surface area contributed by atoms with Crippen LogP contribution >= 0.6 is 11.3 Å². The van der Waals surface area contributed by atoms with Gasteiger partial charge >= 0.3 is 0 Å². The second-order valence-corrected chi connectivity index (χ2v) is 8.88. The molecule has 1 heterocycles. The van der Waals surface area contributed by atoms with Crippen LogP contribution in [0.15, 0.2) is 0 Å².